The zero-order valence-corrected chi connectivity index (χ0v) is 22.8. The van der Waals surface area contributed by atoms with Crippen LogP contribution in [0.3, 0.4) is 0 Å². The van der Waals surface area contributed by atoms with Gasteiger partial charge in [-0.3, -0.25) is 14.4 Å². The number of hydrogen-bond acceptors (Lipinski definition) is 6. The molecule has 3 amide bonds. The Balaban J connectivity index is 1.28. The smallest absolute Gasteiger partial charge is 0.343 e. The maximum absolute atomic E-state index is 12.9. The second kappa shape index (κ2) is 13.4. The van der Waals surface area contributed by atoms with Crippen molar-refractivity contribution in [3.8, 4) is 5.75 Å². The molecule has 4 aromatic carbocycles. The van der Waals surface area contributed by atoms with Crippen molar-refractivity contribution in [3.63, 3.8) is 0 Å². The lowest BCUT2D eigenvalue weighted by molar-refractivity contribution is -0.136. The van der Waals surface area contributed by atoms with Crippen LogP contribution in [0.4, 0.5) is 5.69 Å². The van der Waals surface area contributed by atoms with E-state index >= 15 is 0 Å². The van der Waals surface area contributed by atoms with E-state index in [1.54, 1.807) is 60.7 Å². The molecule has 1 saturated carbocycles. The summed E-state index contributed by atoms with van der Waals surface area (Å²) in [7, 11) is 0. The van der Waals surface area contributed by atoms with Crippen LogP contribution in [0.15, 0.2) is 96.1 Å². The van der Waals surface area contributed by atoms with Gasteiger partial charge in [-0.2, -0.15) is 5.10 Å². The minimum Gasteiger partial charge on any atom is -0.422 e. The highest BCUT2D eigenvalue weighted by atomic mass is 16.5. The molecule has 1 fully saturated rings. The Kier molecular flexibility index (Phi) is 8.98. The summed E-state index contributed by atoms with van der Waals surface area (Å²) in [5.74, 6) is -2.63. The first-order chi connectivity index (χ1) is 20.5. The van der Waals surface area contributed by atoms with Crippen LogP contribution in [-0.4, -0.2) is 35.9 Å². The molecule has 9 heteroatoms. The molecule has 212 valence electrons. The van der Waals surface area contributed by atoms with Gasteiger partial charge in [-0.25, -0.2) is 10.2 Å². The standard InChI is InChI=1S/C33H30N4O5/c38-30(35-24-14-5-2-6-15-24)26-17-9-10-18-28(26)36-31(39)32(40)37-34-21-27-25-16-8-7-11-22(25)19-20-29(27)42-33(41)23-12-3-1-4-13-23/h1,3-4,7-13,16-21,24H,2,5-6,14-15H2,(H,35,38)(H,36,39)(H,37,40). The van der Waals surface area contributed by atoms with E-state index in [0.717, 1.165) is 42.9 Å². The molecule has 0 heterocycles. The van der Waals surface area contributed by atoms with E-state index in [9.17, 15) is 19.2 Å². The Morgan fingerprint density at radius 1 is 0.762 bits per heavy atom. The molecule has 0 bridgehead atoms. The molecule has 0 spiro atoms. The summed E-state index contributed by atoms with van der Waals surface area (Å²) in [5.41, 5.74) is 3.54. The molecule has 5 rings (SSSR count). The first kappa shape index (κ1) is 28.2. The number of nitrogens with zero attached hydrogens (tertiary/aromatic N) is 1. The van der Waals surface area contributed by atoms with Crippen molar-refractivity contribution in [3.05, 3.63) is 108 Å². The average Bonchev–Trinajstić information content (AvgIpc) is 3.03. The van der Waals surface area contributed by atoms with Crippen LogP contribution in [0, 0.1) is 0 Å². The molecule has 0 atom stereocenters. The lowest BCUT2D eigenvalue weighted by atomic mass is 9.95. The van der Waals surface area contributed by atoms with Gasteiger partial charge in [-0.15, -0.1) is 0 Å². The van der Waals surface area contributed by atoms with E-state index in [1.165, 1.54) is 6.21 Å². The van der Waals surface area contributed by atoms with Crippen LogP contribution in [-0.2, 0) is 9.59 Å². The number of nitrogens with one attached hydrogen (secondary N) is 3. The summed E-state index contributed by atoms with van der Waals surface area (Å²) in [5, 5.41) is 11.1. The first-order valence-electron chi connectivity index (χ1n) is 13.8. The monoisotopic (exact) mass is 562 g/mol. The van der Waals surface area contributed by atoms with Crippen LogP contribution >= 0.6 is 0 Å². The highest BCUT2D eigenvalue weighted by molar-refractivity contribution is 6.40. The van der Waals surface area contributed by atoms with Crippen molar-refractivity contribution in [2.24, 2.45) is 5.10 Å². The van der Waals surface area contributed by atoms with Crippen LogP contribution in [0.1, 0.15) is 58.4 Å². The number of ether oxygens (including phenoxy) is 1. The Bertz CT molecular complexity index is 1650. The van der Waals surface area contributed by atoms with Crippen molar-refractivity contribution in [1.29, 1.82) is 0 Å². The fourth-order valence-electron chi connectivity index (χ4n) is 4.92. The summed E-state index contributed by atoms with van der Waals surface area (Å²) < 4.78 is 5.65. The number of carbonyl (C=O) groups is 4. The second-order valence-corrected chi connectivity index (χ2v) is 9.96. The Hall–Kier alpha value is -5.31. The Labute approximate surface area is 243 Å². The zero-order valence-electron chi connectivity index (χ0n) is 22.8. The van der Waals surface area contributed by atoms with Gasteiger partial charge >= 0.3 is 17.8 Å². The van der Waals surface area contributed by atoms with E-state index < -0.39 is 17.8 Å². The lowest BCUT2D eigenvalue weighted by Crippen LogP contribution is -2.37. The zero-order chi connectivity index (χ0) is 29.3. The van der Waals surface area contributed by atoms with E-state index in [1.807, 2.05) is 30.3 Å². The molecule has 0 saturated heterocycles. The number of amides is 3. The molecule has 4 aromatic rings. The van der Waals surface area contributed by atoms with Crippen LogP contribution in [0.5, 0.6) is 5.75 Å². The first-order valence-corrected chi connectivity index (χ1v) is 13.8. The second-order valence-electron chi connectivity index (χ2n) is 9.96. The largest absolute Gasteiger partial charge is 0.422 e. The molecule has 1 aliphatic carbocycles. The fourth-order valence-corrected chi connectivity index (χ4v) is 4.92. The maximum Gasteiger partial charge on any atom is 0.343 e. The Morgan fingerprint density at radius 3 is 2.29 bits per heavy atom. The predicted molar refractivity (Wildman–Crippen MR) is 160 cm³/mol. The SMILES string of the molecule is O=C(NN=Cc1c(OC(=O)c2ccccc2)ccc2ccccc12)C(=O)Nc1ccccc1C(=O)NC1CCCCC1. The molecule has 9 nitrogen and oxygen atoms in total. The molecule has 0 aromatic heterocycles. The molecule has 3 N–H and O–H groups in total. The molecular weight excluding hydrogens is 532 g/mol. The normalized spacial score (nSPS) is 13.4. The highest BCUT2D eigenvalue weighted by Crippen LogP contribution is 2.27. The Morgan fingerprint density at radius 2 is 1.48 bits per heavy atom. The minimum atomic E-state index is -1.03. The molecule has 1 aliphatic rings. The number of fused-ring (bicyclic) bond motifs is 1. The maximum atomic E-state index is 12.9. The third-order valence-electron chi connectivity index (χ3n) is 7.07. The number of rotatable bonds is 7. The number of hydrazone groups is 1. The molecule has 0 radical (unpaired) electrons. The number of hydrogen-bond donors (Lipinski definition) is 3. The quantitative estimate of drug-likeness (QED) is 0.0937. The van der Waals surface area contributed by atoms with Crippen molar-refractivity contribution >= 4 is 46.4 Å². The van der Waals surface area contributed by atoms with E-state index in [0.29, 0.717) is 11.1 Å². The molecule has 0 unspecified atom stereocenters. The van der Waals surface area contributed by atoms with E-state index in [-0.39, 0.29) is 28.9 Å². The summed E-state index contributed by atoms with van der Waals surface area (Å²) in [6.07, 6.45) is 6.47. The van der Waals surface area contributed by atoms with Crippen molar-refractivity contribution in [2.75, 3.05) is 5.32 Å². The lowest BCUT2D eigenvalue weighted by Gasteiger charge is -2.23. The predicted octanol–water partition coefficient (Wildman–Crippen LogP) is 5.21. The number of para-hydroxylation sites is 1. The van der Waals surface area contributed by atoms with E-state index in [2.05, 4.69) is 21.2 Å². The summed E-state index contributed by atoms with van der Waals surface area (Å²) in [6, 6.07) is 26.1. The van der Waals surface area contributed by atoms with Gasteiger partial charge in [0.2, 0.25) is 0 Å². The summed E-state index contributed by atoms with van der Waals surface area (Å²) >= 11 is 0. The minimum absolute atomic E-state index is 0.0959. The van der Waals surface area contributed by atoms with Gasteiger partial charge in [-0.05, 0) is 53.9 Å². The molecule has 42 heavy (non-hydrogen) atoms. The third-order valence-corrected chi connectivity index (χ3v) is 7.07. The fraction of sp³-hybridized carbons (Fsp3) is 0.182. The number of esters is 1. The van der Waals surface area contributed by atoms with Crippen LogP contribution in [0.2, 0.25) is 0 Å². The number of anilines is 1. The molecule has 0 aliphatic heterocycles. The summed E-state index contributed by atoms with van der Waals surface area (Å²) in [6.45, 7) is 0. The highest BCUT2D eigenvalue weighted by Gasteiger charge is 2.21. The van der Waals surface area contributed by atoms with Crippen LogP contribution in [0.25, 0.3) is 10.8 Å². The number of benzene rings is 4. The number of carbonyl (C=O) groups excluding carboxylic acids is 4. The van der Waals surface area contributed by atoms with Gasteiger partial charge in [0.25, 0.3) is 5.91 Å². The summed E-state index contributed by atoms with van der Waals surface area (Å²) in [4.78, 5) is 50.9. The van der Waals surface area contributed by atoms with Gasteiger partial charge in [0.05, 0.1) is 23.0 Å². The van der Waals surface area contributed by atoms with Gasteiger partial charge < -0.3 is 15.4 Å². The van der Waals surface area contributed by atoms with Crippen molar-refractivity contribution in [1.82, 2.24) is 10.7 Å². The van der Waals surface area contributed by atoms with Crippen molar-refractivity contribution < 1.29 is 23.9 Å². The van der Waals surface area contributed by atoms with Gasteiger partial charge in [-0.1, -0.05) is 79.9 Å². The van der Waals surface area contributed by atoms with Gasteiger partial charge in [0, 0.05) is 11.6 Å². The van der Waals surface area contributed by atoms with Crippen molar-refractivity contribution in [2.45, 2.75) is 38.1 Å². The molecular formula is C33H30N4O5. The van der Waals surface area contributed by atoms with E-state index in [4.69, 9.17) is 4.74 Å². The van der Waals surface area contributed by atoms with Gasteiger partial charge in [0.15, 0.2) is 0 Å². The topological polar surface area (TPSA) is 126 Å². The average molecular weight is 563 g/mol. The van der Waals surface area contributed by atoms with Gasteiger partial charge in [0.1, 0.15) is 5.75 Å². The van der Waals surface area contributed by atoms with Crippen LogP contribution < -0.4 is 20.8 Å². The third kappa shape index (κ3) is 6.87.